The minimum Gasteiger partial charge on any atom is -0.391 e. The molecule has 2 amide bonds. The highest BCUT2D eigenvalue weighted by atomic mass is 19.1. The normalized spacial score (nSPS) is 24.0. The van der Waals surface area contributed by atoms with Crippen LogP contribution in [-0.2, 0) is 10.2 Å². The highest BCUT2D eigenvalue weighted by molar-refractivity contribution is 5.94. The van der Waals surface area contributed by atoms with Crippen molar-refractivity contribution in [2.75, 3.05) is 13.6 Å². The number of nitrogens with one attached hydrogen (secondary N) is 1. The third-order valence-electron chi connectivity index (χ3n) is 6.27. The number of aliphatic hydroxyl groups excluding tert-OH is 1. The largest absolute Gasteiger partial charge is 0.391 e. The van der Waals surface area contributed by atoms with Gasteiger partial charge in [-0.1, -0.05) is 42.5 Å². The van der Waals surface area contributed by atoms with Gasteiger partial charge in [-0.25, -0.2) is 4.39 Å². The predicted molar refractivity (Wildman–Crippen MR) is 114 cm³/mol. The standard InChI is InChI=1S/C24H29FN2O3/c1-17(28)26-16-24(18-8-4-3-5-9-18)14-12-21(22(29)13-15-24)27(2)23(30)19-10-6-7-11-20(19)25/h3-11,21-22,29H,12-16H2,1-2H3,(H,26,28)/t21-,22-,24-/m1/s1. The third-order valence-corrected chi connectivity index (χ3v) is 6.27. The van der Waals surface area contributed by atoms with Gasteiger partial charge in [0.2, 0.25) is 5.91 Å². The summed E-state index contributed by atoms with van der Waals surface area (Å²) >= 11 is 0. The average molecular weight is 413 g/mol. The number of aliphatic hydroxyl groups is 1. The lowest BCUT2D eigenvalue weighted by Crippen LogP contribution is -2.44. The van der Waals surface area contributed by atoms with E-state index in [2.05, 4.69) is 5.32 Å². The van der Waals surface area contributed by atoms with Crippen molar-refractivity contribution in [2.24, 2.45) is 0 Å². The lowest BCUT2D eigenvalue weighted by Gasteiger charge is -2.34. The third kappa shape index (κ3) is 4.70. The van der Waals surface area contributed by atoms with Gasteiger partial charge in [0, 0.05) is 25.9 Å². The summed E-state index contributed by atoms with van der Waals surface area (Å²) in [4.78, 5) is 26.0. The summed E-state index contributed by atoms with van der Waals surface area (Å²) in [6.07, 6.45) is 1.67. The molecule has 5 nitrogen and oxygen atoms in total. The minimum atomic E-state index is -0.728. The Hall–Kier alpha value is -2.73. The first-order valence-corrected chi connectivity index (χ1v) is 10.3. The van der Waals surface area contributed by atoms with Crippen LogP contribution >= 0.6 is 0 Å². The number of hydrogen-bond donors (Lipinski definition) is 2. The number of rotatable bonds is 5. The number of halogens is 1. The van der Waals surface area contributed by atoms with Crippen LogP contribution in [0.1, 0.15) is 48.5 Å². The van der Waals surface area contributed by atoms with Crippen molar-refractivity contribution in [3.05, 3.63) is 71.5 Å². The molecule has 3 rings (SSSR count). The molecule has 0 aromatic heterocycles. The molecule has 2 N–H and O–H groups in total. The second kappa shape index (κ2) is 9.39. The van der Waals surface area contributed by atoms with Crippen molar-refractivity contribution >= 4 is 11.8 Å². The zero-order valence-corrected chi connectivity index (χ0v) is 17.5. The summed E-state index contributed by atoms with van der Waals surface area (Å²) in [5.74, 6) is -1.11. The molecule has 2 aromatic carbocycles. The van der Waals surface area contributed by atoms with Gasteiger partial charge in [-0.15, -0.1) is 0 Å². The van der Waals surface area contributed by atoms with Gasteiger partial charge >= 0.3 is 0 Å². The summed E-state index contributed by atoms with van der Waals surface area (Å²) < 4.78 is 14.1. The van der Waals surface area contributed by atoms with Gasteiger partial charge in [0.1, 0.15) is 5.82 Å². The molecule has 0 bridgehead atoms. The Morgan fingerprint density at radius 3 is 2.40 bits per heavy atom. The molecule has 1 saturated carbocycles. The molecule has 1 aliphatic rings. The number of carbonyl (C=O) groups is 2. The van der Waals surface area contributed by atoms with Crippen molar-refractivity contribution in [1.82, 2.24) is 10.2 Å². The molecule has 0 aliphatic heterocycles. The van der Waals surface area contributed by atoms with Crippen LogP contribution in [0, 0.1) is 5.82 Å². The predicted octanol–water partition coefficient (Wildman–Crippen LogP) is 3.28. The van der Waals surface area contributed by atoms with Crippen LogP contribution in [0.5, 0.6) is 0 Å². The van der Waals surface area contributed by atoms with E-state index in [0.29, 0.717) is 32.2 Å². The first-order valence-electron chi connectivity index (χ1n) is 10.3. The molecule has 1 fully saturated rings. The van der Waals surface area contributed by atoms with Crippen LogP contribution in [0.2, 0.25) is 0 Å². The Balaban J connectivity index is 1.84. The zero-order chi connectivity index (χ0) is 21.7. The van der Waals surface area contributed by atoms with E-state index in [1.165, 1.54) is 24.0 Å². The van der Waals surface area contributed by atoms with E-state index in [-0.39, 0.29) is 16.9 Å². The van der Waals surface area contributed by atoms with Gasteiger partial charge in [0.25, 0.3) is 5.91 Å². The highest BCUT2D eigenvalue weighted by Crippen LogP contribution is 2.39. The fourth-order valence-electron chi connectivity index (χ4n) is 4.44. The molecular formula is C24H29FN2O3. The highest BCUT2D eigenvalue weighted by Gasteiger charge is 2.40. The molecule has 0 unspecified atom stereocenters. The molecule has 0 spiro atoms. The van der Waals surface area contributed by atoms with Crippen molar-refractivity contribution in [3.8, 4) is 0 Å². The fraction of sp³-hybridized carbons (Fsp3) is 0.417. The second-order valence-corrected chi connectivity index (χ2v) is 8.16. The van der Waals surface area contributed by atoms with Gasteiger partial charge < -0.3 is 15.3 Å². The van der Waals surface area contributed by atoms with Crippen LogP contribution in [0.25, 0.3) is 0 Å². The fourth-order valence-corrected chi connectivity index (χ4v) is 4.44. The number of nitrogens with zero attached hydrogens (tertiary/aromatic N) is 1. The van der Waals surface area contributed by atoms with Crippen LogP contribution in [0.3, 0.4) is 0 Å². The van der Waals surface area contributed by atoms with E-state index in [9.17, 15) is 19.1 Å². The minimum absolute atomic E-state index is 0.00372. The van der Waals surface area contributed by atoms with Gasteiger partial charge in [0.05, 0.1) is 17.7 Å². The summed E-state index contributed by atoms with van der Waals surface area (Å²) in [5.41, 5.74) is 0.781. The summed E-state index contributed by atoms with van der Waals surface area (Å²) in [7, 11) is 1.62. The van der Waals surface area contributed by atoms with Crippen molar-refractivity contribution in [3.63, 3.8) is 0 Å². The maximum absolute atomic E-state index is 14.1. The van der Waals surface area contributed by atoms with E-state index in [4.69, 9.17) is 0 Å². The van der Waals surface area contributed by atoms with Gasteiger partial charge in [-0.2, -0.15) is 0 Å². The summed E-state index contributed by atoms with van der Waals surface area (Å²) in [5, 5.41) is 13.8. The van der Waals surface area contributed by atoms with Gasteiger partial charge in [0.15, 0.2) is 0 Å². The first-order chi connectivity index (χ1) is 14.3. The summed E-state index contributed by atoms with van der Waals surface area (Å²) in [6.45, 7) is 1.96. The SMILES string of the molecule is CC(=O)NC[C@]1(c2ccccc2)CC[C@@H](O)[C@H](N(C)C(=O)c2ccccc2F)CC1. The lowest BCUT2D eigenvalue weighted by molar-refractivity contribution is -0.119. The van der Waals surface area contributed by atoms with Gasteiger partial charge in [-0.3, -0.25) is 9.59 Å². The molecule has 0 heterocycles. The van der Waals surface area contributed by atoms with E-state index >= 15 is 0 Å². The van der Waals surface area contributed by atoms with Crippen LogP contribution in [0.15, 0.2) is 54.6 Å². The Morgan fingerprint density at radius 1 is 1.10 bits per heavy atom. The molecule has 1 aliphatic carbocycles. The molecule has 6 heteroatoms. The number of amides is 2. The maximum atomic E-state index is 14.1. The Morgan fingerprint density at radius 2 is 1.73 bits per heavy atom. The molecule has 30 heavy (non-hydrogen) atoms. The monoisotopic (exact) mass is 412 g/mol. The molecule has 160 valence electrons. The number of carbonyl (C=O) groups excluding carboxylic acids is 2. The van der Waals surface area contributed by atoms with Crippen LogP contribution in [-0.4, -0.2) is 47.6 Å². The molecule has 3 atom stereocenters. The zero-order valence-electron chi connectivity index (χ0n) is 17.5. The van der Waals surface area contributed by atoms with E-state index in [0.717, 1.165) is 5.56 Å². The van der Waals surface area contributed by atoms with E-state index in [1.54, 1.807) is 19.2 Å². The smallest absolute Gasteiger partial charge is 0.256 e. The molecule has 0 radical (unpaired) electrons. The number of likely N-dealkylation sites (N-methyl/N-ethyl adjacent to an activating group) is 1. The van der Waals surface area contributed by atoms with Crippen LogP contribution < -0.4 is 5.32 Å². The van der Waals surface area contributed by atoms with E-state index < -0.39 is 23.9 Å². The van der Waals surface area contributed by atoms with Crippen molar-refractivity contribution < 1.29 is 19.1 Å². The van der Waals surface area contributed by atoms with Crippen molar-refractivity contribution in [1.29, 1.82) is 0 Å². The molecule has 2 aromatic rings. The number of hydrogen-bond acceptors (Lipinski definition) is 3. The Bertz CT molecular complexity index is 889. The summed E-state index contributed by atoms with van der Waals surface area (Å²) in [6, 6.07) is 15.4. The Kier molecular flexibility index (Phi) is 6.87. The molecular weight excluding hydrogens is 383 g/mol. The quantitative estimate of drug-likeness (QED) is 0.741. The first kappa shape index (κ1) is 22.0. The van der Waals surface area contributed by atoms with E-state index in [1.807, 2.05) is 30.3 Å². The Labute approximate surface area is 176 Å². The van der Waals surface area contributed by atoms with Crippen molar-refractivity contribution in [2.45, 2.75) is 50.2 Å². The average Bonchev–Trinajstić information content (AvgIpc) is 2.92. The molecule has 0 saturated heterocycles. The number of benzene rings is 2. The maximum Gasteiger partial charge on any atom is 0.256 e. The lowest BCUT2D eigenvalue weighted by atomic mass is 9.74. The van der Waals surface area contributed by atoms with Gasteiger partial charge in [-0.05, 0) is 43.4 Å². The second-order valence-electron chi connectivity index (χ2n) is 8.16. The topological polar surface area (TPSA) is 69.6 Å². The van der Waals surface area contributed by atoms with Crippen LogP contribution in [0.4, 0.5) is 4.39 Å².